The molecule has 0 aliphatic heterocycles. The Kier molecular flexibility index (Phi) is 2.88. The minimum Gasteiger partial charge on any atom is -0.506 e. The Balaban J connectivity index is 2.83. The third-order valence-corrected chi connectivity index (χ3v) is 2.80. The number of phenolic OH excluding ortho intramolecular Hbond substituents is 1. The summed E-state index contributed by atoms with van der Waals surface area (Å²) in [5.41, 5.74) is 0.719. The summed E-state index contributed by atoms with van der Waals surface area (Å²) >= 11 is 5.89. The Morgan fingerprint density at radius 1 is 1.44 bits per heavy atom. The Morgan fingerprint density at radius 2 is 2.19 bits per heavy atom. The van der Waals surface area contributed by atoms with E-state index in [9.17, 15) is 9.90 Å². The number of hydrogen-bond acceptors (Lipinski definition) is 3. The minimum atomic E-state index is -0.441. The summed E-state index contributed by atoms with van der Waals surface area (Å²) < 4.78 is 5.01. The fraction of sp³-hybridized carbons (Fsp3) is 0.250. The van der Waals surface area contributed by atoms with Crippen molar-refractivity contribution in [3.05, 3.63) is 39.2 Å². The maximum absolute atomic E-state index is 11.3. The fourth-order valence-electron chi connectivity index (χ4n) is 1.72. The van der Waals surface area contributed by atoms with Gasteiger partial charge in [-0.05, 0) is 24.1 Å². The van der Waals surface area contributed by atoms with E-state index in [4.69, 9.17) is 16.0 Å². The molecule has 0 aliphatic rings. The molecule has 0 aliphatic carbocycles. The van der Waals surface area contributed by atoms with E-state index in [0.717, 1.165) is 23.8 Å². The first-order chi connectivity index (χ1) is 7.63. The molecule has 4 heteroatoms. The van der Waals surface area contributed by atoms with Gasteiger partial charge in [0.1, 0.15) is 10.8 Å². The smallest absolute Gasteiger partial charge is 0.336 e. The van der Waals surface area contributed by atoms with Gasteiger partial charge < -0.3 is 9.52 Å². The molecule has 84 valence electrons. The van der Waals surface area contributed by atoms with Crippen molar-refractivity contribution in [2.75, 3.05) is 0 Å². The van der Waals surface area contributed by atoms with E-state index < -0.39 is 5.63 Å². The molecule has 0 unspecified atom stereocenters. The van der Waals surface area contributed by atoms with Crippen LogP contribution in [-0.4, -0.2) is 5.11 Å². The lowest BCUT2D eigenvalue weighted by Gasteiger charge is -2.05. The highest BCUT2D eigenvalue weighted by Gasteiger charge is 2.11. The summed E-state index contributed by atoms with van der Waals surface area (Å²) in [5, 5.41) is 10.3. The molecule has 2 aromatic rings. The van der Waals surface area contributed by atoms with E-state index in [-0.39, 0.29) is 16.4 Å². The normalized spacial score (nSPS) is 10.9. The zero-order chi connectivity index (χ0) is 11.7. The second-order valence-corrected chi connectivity index (χ2v) is 3.99. The molecule has 3 nitrogen and oxygen atoms in total. The molecule has 0 saturated heterocycles. The molecule has 0 saturated carbocycles. The van der Waals surface area contributed by atoms with Crippen LogP contribution in [0.25, 0.3) is 11.0 Å². The first-order valence-electron chi connectivity index (χ1n) is 5.07. The average molecular weight is 239 g/mol. The molecule has 0 spiro atoms. The highest BCUT2D eigenvalue weighted by Crippen LogP contribution is 2.32. The number of aromatic hydroxyl groups is 1. The van der Waals surface area contributed by atoms with Crippen molar-refractivity contribution in [2.45, 2.75) is 19.8 Å². The summed E-state index contributed by atoms with van der Waals surface area (Å²) in [5.74, 6) is -0.0778. The first kappa shape index (κ1) is 11.0. The van der Waals surface area contributed by atoms with E-state index in [0.29, 0.717) is 0 Å². The molecule has 2 rings (SSSR count). The average Bonchev–Trinajstić information content (AvgIpc) is 2.24. The fourth-order valence-corrected chi connectivity index (χ4v) is 1.93. The number of benzene rings is 1. The number of aryl methyl sites for hydroxylation is 1. The van der Waals surface area contributed by atoms with Crippen molar-refractivity contribution < 1.29 is 9.52 Å². The van der Waals surface area contributed by atoms with Gasteiger partial charge >= 0.3 is 5.63 Å². The second kappa shape index (κ2) is 4.18. The summed E-state index contributed by atoms with van der Waals surface area (Å²) in [7, 11) is 0. The van der Waals surface area contributed by atoms with E-state index in [1.54, 1.807) is 6.07 Å². The van der Waals surface area contributed by atoms with Gasteiger partial charge in [0, 0.05) is 11.5 Å². The minimum absolute atomic E-state index is 0.0778. The van der Waals surface area contributed by atoms with Gasteiger partial charge in [-0.2, -0.15) is 0 Å². The molecule has 0 fully saturated rings. The number of rotatable bonds is 2. The van der Waals surface area contributed by atoms with Crippen LogP contribution in [0.3, 0.4) is 0 Å². The largest absolute Gasteiger partial charge is 0.506 e. The van der Waals surface area contributed by atoms with Gasteiger partial charge in [0.15, 0.2) is 5.58 Å². The second-order valence-electron chi connectivity index (χ2n) is 3.62. The van der Waals surface area contributed by atoms with E-state index in [1.807, 2.05) is 6.92 Å². The van der Waals surface area contributed by atoms with Gasteiger partial charge in [-0.1, -0.05) is 24.9 Å². The summed E-state index contributed by atoms with van der Waals surface area (Å²) in [6.45, 7) is 2.03. The Morgan fingerprint density at radius 3 is 2.88 bits per heavy atom. The lowest BCUT2D eigenvalue weighted by Crippen LogP contribution is -2.00. The summed E-state index contributed by atoms with van der Waals surface area (Å²) in [6, 6.07) is 4.69. The topological polar surface area (TPSA) is 50.4 Å². The molecule has 0 radical (unpaired) electrons. The number of halogens is 1. The van der Waals surface area contributed by atoms with Crippen molar-refractivity contribution >= 4 is 22.6 Å². The quantitative estimate of drug-likeness (QED) is 0.818. The molecule has 0 amide bonds. The maximum atomic E-state index is 11.3. The Labute approximate surface area is 97.3 Å². The molecule has 1 aromatic heterocycles. The number of hydrogen-bond donors (Lipinski definition) is 1. The Hall–Kier alpha value is -1.48. The van der Waals surface area contributed by atoms with E-state index in [2.05, 4.69) is 0 Å². The zero-order valence-electron chi connectivity index (χ0n) is 8.79. The molecule has 1 heterocycles. The molecule has 1 N–H and O–H groups in total. The maximum Gasteiger partial charge on any atom is 0.336 e. The highest BCUT2D eigenvalue weighted by molar-refractivity contribution is 6.36. The summed E-state index contributed by atoms with van der Waals surface area (Å²) in [4.78, 5) is 11.3. The molecular weight excluding hydrogens is 228 g/mol. The number of phenols is 1. The van der Waals surface area contributed by atoms with Crippen molar-refractivity contribution in [3.8, 4) is 5.75 Å². The van der Waals surface area contributed by atoms with Crippen LogP contribution >= 0.6 is 11.6 Å². The zero-order valence-corrected chi connectivity index (χ0v) is 9.54. The van der Waals surface area contributed by atoms with Crippen LogP contribution in [0.5, 0.6) is 5.75 Å². The number of fused-ring (bicyclic) bond motifs is 1. The lowest BCUT2D eigenvalue weighted by atomic mass is 10.1. The van der Waals surface area contributed by atoms with Gasteiger partial charge in [0.25, 0.3) is 0 Å². The predicted octanol–water partition coefficient (Wildman–Crippen LogP) is 3.10. The van der Waals surface area contributed by atoms with E-state index >= 15 is 0 Å². The van der Waals surface area contributed by atoms with Crippen molar-refractivity contribution in [2.24, 2.45) is 0 Å². The van der Waals surface area contributed by atoms with Gasteiger partial charge in [-0.3, -0.25) is 0 Å². The summed E-state index contributed by atoms with van der Waals surface area (Å²) in [6.07, 6.45) is 1.71. The third-order valence-electron chi connectivity index (χ3n) is 2.44. The van der Waals surface area contributed by atoms with Gasteiger partial charge in [-0.25, -0.2) is 4.79 Å². The molecule has 1 aromatic carbocycles. The molecule has 0 atom stereocenters. The van der Waals surface area contributed by atoms with Crippen molar-refractivity contribution in [1.82, 2.24) is 0 Å². The van der Waals surface area contributed by atoms with Crippen molar-refractivity contribution in [1.29, 1.82) is 0 Å². The molecular formula is C12H11ClO3. The highest BCUT2D eigenvalue weighted by atomic mass is 35.5. The Bertz CT molecular complexity index is 587. The van der Waals surface area contributed by atoms with Gasteiger partial charge in [-0.15, -0.1) is 0 Å². The van der Waals surface area contributed by atoms with Crippen LogP contribution in [0.4, 0.5) is 0 Å². The van der Waals surface area contributed by atoms with Crippen LogP contribution < -0.4 is 5.63 Å². The van der Waals surface area contributed by atoms with Crippen LogP contribution in [-0.2, 0) is 6.42 Å². The van der Waals surface area contributed by atoms with Crippen LogP contribution in [0, 0.1) is 0 Å². The SMILES string of the molecule is CCCc1cc(=O)oc2c(Cl)c(O)ccc12. The molecule has 16 heavy (non-hydrogen) atoms. The third kappa shape index (κ3) is 1.78. The van der Waals surface area contributed by atoms with Crippen LogP contribution in [0.1, 0.15) is 18.9 Å². The predicted molar refractivity (Wildman–Crippen MR) is 63.2 cm³/mol. The van der Waals surface area contributed by atoms with Gasteiger partial charge in [0.05, 0.1) is 0 Å². The monoisotopic (exact) mass is 238 g/mol. The van der Waals surface area contributed by atoms with Crippen molar-refractivity contribution in [3.63, 3.8) is 0 Å². The van der Waals surface area contributed by atoms with Crippen LogP contribution in [0.15, 0.2) is 27.4 Å². The lowest BCUT2D eigenvalue weighted by molar-refractivity contribution is 0.473. The van der Waals surface area contributed by atoms with Crippen LogP contribution in [0.2, 0.25) is 5.02 Å². The first-order valence-corrected chi connectivity index (χ1v) is 5.45. The molecule has 0 bridgehead atoms. The van der Waals surface area contributed by atoms with Gasteiger partial charge in [0.2, 0.25) is 0 Å². The van der Waals surface area contributed by atoms with E-state index in [1.165, 1.54) is 12.1 Å². The standard InChI is InChI=1S/C12H11ClO3/c1-2-3-7-6-10(15)16-12-8(7)4-5-9(14)11(12)13/h4-6,14H,2-3H2,1H3.